The lowest BCUT2D eigenvalue weighted by Crippen LogP contribution is -2.45. The monoisotopic (exact) mass is 735 g/mol. The Kier molecular flexibility index (Phi) is 36.2. The molecule has 5 N–H and O–H groups in total. The summed E-state index contributed by atoms with van der Waals surface area (Å²) < 4.78 is 22.0. The van der Waals surface area contributed by atoms with Crippen LogP contribution in [0.2, 0.25) is 0 Å². The van der Waals surface area contributed by atoms with Crippen molar-refractivity contribution in [1.29, 1.82) is 0 Å². The largest absolute Gasteiger partial charge is 0.472 e. The first-order chi connectivity index (χ1) is 24.9. The number of nitrogens with two attached hydrogens (primary N) is 1. The highest BCUT2D eigenvalue weighted by Crippen LogP contribution is 2.43. The van der Waals surface area contributed by atoms with Crippen molar-refractivity contribution in [2.75, 3.05) is 19.8 Å². The molecule has 0 spiro atoms. The van der Waals surface area contributed by atoms with Crippen LogP contribution in [0.1, 0.15) is 155 Å². The third-order valence-corrected chi connectivity index (χ3v) is 9.20. The van der Waals surface area contributed by atoms with Crippen molar-refractivity contribution in [1.82, 2.24) is 5.32 Å². The summed E-state index contributed by atoms with van der Waals surface area (Å²) in [7, 11) is -4.35. The predicted molar refractivity (Wildman–Crippen MR) is 216 cm³/mol. The number of amides is 1. The number of phosphoric ester groups is 1. The Morgan fingerprint density at radius 3 is 1.71 bits per heavy atom. The first-order valence-corrected chi connectivity index (χ1v) is 21.6. The number of carbonyl (C=O) groups is 1. The van der Waals surface area contributed by atoms with Crippen molar-refractivity contribution < 1.29 is 28.4 Å². The molecule has 3 atom stereocenters. The third kappa shape index (κ3) is 36.1. The molecular formula is C42H75N2O6P. The van der Waals surface area contributed by atoms with E-state index in [9.17, 15) is 19.4 Å². The van der Waals surface area contributed by atoms with E-state index in [-0.39, 0.29) is 25.7 Å². The third-order valence-electron chi connectivity index (χ3n) is 8.21. The minimum atomic E-state index is -4.35. The van der Waals surface area contributed by atoms with Gasteiger partial charge in [0.25, 0.3) is 0 Å². The van der Waals surface area contributed by atoms with Gasteiger partial charge in [-0.25, -0.2) is 4.57 Å². The van der Waals surface area contributed by atoms with Crippen LogP contribution >= 0.6 is 7.82 Å². The smallest absolute Gasteiger partial charge is 0.387 e. The Bertz CT molecular complexity index is 1020. The second-order valence-corrected chi connectivity index (χ2v) is 14.6. The zero-order valence-corrected chi connectivity index (χ0v) is 33.2. The second kappa shape index (κ2) is 37.7. The SMILES string of the molecule is CCC/C=C/CC/C=C/CC/C=C/C(O)C(COP(=O)(O)OCCN)NC(=O)CCCCCCCC/C=C\C/C=C\C/C=C\CCCCCCC. The number of rotatable bonds is 36. The maximum Gasteiger partial charge on any atom is 0.472 e. The molecule has 294 valence electrons. The molecule has 1 amide bonds. The van der Waals surface area contributed by atoms with Crippen LogP contribution in [0.25, 0.3) is 0 Å². The fourth-order valence-electron chi connectivity index (χ4n) is 5.18. The van der Waals surface area contributed by atoms with E-state index in [1.165, 1.54) is 57.8 Å². The van der Waals surface area contributed by atoms with E-state index in [0.717, 1.165) is 77.0 Å². The molecule has 0 heterocycles. The van der Waals surface area contributed by atoms with Gasteiger partial charge in [-0.05, 0) is 77.0 Å². The number of allylic oxidation sites excluding steroid dienone is 11. The van der Waals surface area contributed by atoms with Crippen LogP contribution in [-0.2, 0) is 18.4 Å². The Morgan fingerprint density at radius 2 is 1.14 bits per heavy atom. The number of hydrogen-bond donors (Lipinski definition) is 4. The molecule has 0 saturated heterocycles. The summed E-state index contributed by atoms with van der Waals surface area (Å²) in [6.07, 6.45) is 48.1. The lowest BCUT2D eigenvalue weighted by Gasteiger charge is -2.23. The van der Waals surface area contributed by atoms with E-state index in [4.69, 9.17) is 14.8 Å². The van der Waals surface area contributed by atoms with Crippen LogP contribution in [0.4, 0.5) is 0 Å². The maximum atomic E-state index is 12.7. The van der Waals surface area contributed by atoms with Crippen molar-refractivity contribution in [3.63, 3.8) is 0 Å². The number of unbranched alkanes of at least 4 members (excludes halogenated alkanes) is 14. The van der Waals surface area contributed by atoms with Crippen molar-refractivity contribution in [3.05, 3.63) is 72.9 Å². The molecule has 0 radical (unpaired) electrons. The molecule has 0 fully saturated rings. The number of nitrogens with one attached hydrogen (secondary N) is 1. The van der Waals surface area contributed by atoms with Crippen LogP contribution in [-0.4, -0.2) is 47.8 Å². The summed E-state index contributed by atoms with van der Waals surface area (Å²) in [5, 5.41) is 13.6. The number of aliphatic hydroxyl groups is 1. The van der Waals surface area contributed by atoms with Gasteiger partial charge in [-0.15, -0.1) is 0 Å². The normalized spacial score (nSPS) is 15.0. The molecule has 3 unspecified atom stereocenters. The molecule has 0 saturated carbocycles. The fraction of sp³-hybridized carbons (Fsp3) is 0.690. The summed E-state index contributed by atoms with van der Waals surface area (Å²) in [6.45, 7) is 3.98. The van der Waals surface area contributed by atoms with Gasteiger partial charge in [-0.3, -0.25) is 13.8 Å². The van der Waals surface area contributed by atoms with E-state index in [2.05, 4.69) is 79.9 Å². The summed E-state index contributed by atoms with van der Waals surface area (Å²) in [5.41, 5.74) is 5.35. The van der Waals surface area contributed by atoms with Gasteiger partial charge in [-0.1, -0.05) is 145 Å². The summed E-state index contributed by atoms with van der Waals surface area (Å²) in [4.78, 5) is 22.6. The molecule has 0 aromatic heterocycles. The zero-order valence-electron chi connectivity index (χ0n) is 32.3. The van der Waals surface area contributed by atoms with Gasteiger partial charge in [0.2, 0.25) is 5.91 Å². The zero-order chi connectivity index (χ0) is 37.5. The van der Waals surface area contributed by atoms with Gasteiger partial charge >= 0.3 is 7.82 Å². The number of hydrogen-bond acceptors (Lipinski definition) is 6. The molecule has 8 nitrogen and oxygen atoms in total. The Morgan fingerprint density at radius 1 is 0.647 bits per heavy atom. The number of phosphoric acid groups is 1. The molecule has 0 aliphatic rings. The van der Waals surface area contributed by atoms with E-state index in [0.29, 0.717) is 6.42 Å². The summed E-state index contributed by atoms with van der Waals surface area (Å²) >= 11 is 0. The van der Waals surface area contributed by atoms with E-state index in [1.807, 2.05) is 6.08 Å². The minimum absolute atomic E-state index is 0.0656. The highest BCUT2D eigenvalue weighted by molar-refractivity contribution is 7.47. The first kappa shape index (κ1) is 48.9. The first-order valence-electron chi connectivity index (χ1n) is 20.1. The quantitative estimate of drug-likeness (QED) is 0.0286. The van der Waals surface area contributed by atoms with Crippen molar-refractivity contribution in [2.24, 2.45) is 5.73 Å². The van der Waals surface area contributed by atoms with Crippen molar-refractivity contribution >= 4 is 13.7 Å². The number of aliphatic hydroxyl groups excluding tert-OH is 1. The number of carbonyl (C=O) groups excluding carboxylic acids is 1. The summed E-state index contributed by atoms with van der Waals surface area (Å²) in [5.74, 6) is -0.226. The molecule has 0 aliphatic carbocycles. The molecule has 0 aromatic carbocycles. The van der Waals surface area contributed by atoms with E-state index >= 15 is 0 Å². The molecule has 0 rings (SSSR count). The van der Waals surface area contributed by atoms with Gasteiger partial charge in [0.1, 0.15) is 0 Å². The van der Waals surface area contributed by atoms with Crippen molar-refractivity contribution in [3.8, 4) is 0 Å². The standard InChI is InChI=1S/C42H75N2O6P/c1-3-5-7-9-11-13-15-16-17-18-19-20-21-22-23-24-26-28-30-32-34-36-42(46)44-40(39-50-51(47,48)49-38-37-43)41(45)35-33-31-29-27-25-14-12-10-8-6-4-2/h8,10,15-16,18-19,21-22,25,27,33,35,40-41,45H,3-7,9,11-14,17,20,23-24,26,28-32,34,36-39,43H2,1-2H3,(H,44,46)(H,47,48)/b10-8+,16-15-,19-18-,22-21-,27-25+,35-33+. The Balaban J connectivity index is 4.29. The highest BCUT2D eigenvalue weighted by Gasteiger charge is 2.26. The van der Waals surface area contributed by atoms with Crippen LogP contribution in [0.15, 0.2) is 72.9 Å². The van der Waals surface area contributed by atoms with Gasteiger partial charge in [-0.2, -0.15) is 0 Å². The minimum Gasteiger partial charge on any atom is -0.387 e. The lowest BCUT2D eigenvalue weighted by molar-refractivity contribution is -0.123. The van der Waals surface area contributed by atoms with Crippen LogP contribution in [0.3, 0.4) is 0 Å². The van der Waals surface area contributed by atoms with Crippen LogP contribution < -0.4 is 11.1 Å². The maximum absolute atomic E-state index is 12.7. The molecule has 0 aliphatic heterocycles. The van der Waals surface area contributed by atoms with Crippen LogP contribution in [0.5, 0.6) is 0 Å². The average molecular weight is 735 g/mol. The molecular weight excluding hydrogens is 659 g/mol. The summed E-state index contributed by atoms with van der Waals surface area (Å²) in [6, 6.07) is -0.892. The topological polar surface area (TPSA) is 131 Å². The molecule has 0 aromatic rings. The van der Waals surface area contributed by atoms with Crippen molar-refractivity contribution in [2.45, 2.75) is 167 Å². The Hall–Kier alpha value is -2.06. The Labute approximate surface area is 312 Å². The van der Waals surface area contributed by atoms with Gasteiger partial charge in [0, 0.05) is 13.0 Å². The van der Waals surface area contributed by atoms with Gasteiger partial charge in [0.15, 0.2) is 0 Å². The van der Waals surface area contributed by atoms with E-state index in [1.54, 1.807) is 6.08 Å². The van der Waals surface area contributed by atoms with Crippen LogP contribution in [0, 0.1) is 0 Å². The van der Waals surface area contributed by atoms with E-state index < -0.39 is 20.0 Å². The van der Waals surface area contributed by atoms with Gasteiger partial charge in [0.05, 0.1) is 25.4 Å². The molecule has 0 bridgehead atoms. The fourth-order valence-corrected chi connectivity index (χ4v) is 5.94. The highest BCUT2D eigenvalue weighted by atomic mass is 31.2. The molecule has 51 heavy (non-hydrogen) atoms. The second-order valence-electron chi connectivity index (χ2n) is 13.1. The molecule has 9 heteroatoms. The van der Waals surface area contributed by atoms with Gasteiger partial charge < -0.3 is 21.1 Å². The predicted octanol–water partition coefficient (Wildman–Crippen LogP) is 10.9. The average Bonchev–Trinajstić information content (AvgIpc) is 3.12. The lowest BCUT2D eigenvalue weighted by atomic mass is 10.1.